The number of ether oxygens (including phenoxy) is 2. The molecule has 1 aliphatic carbocycles. The fourth-order valence-electron chi connectivity index (χ4n) is 6.34. The monoisotopic (exact) mass is 660 g/mol. The molecular weight excluding hydrogens is 620 g/mol. The van der Waals surface area contributed by atoms with Crippen molar-refractivity contribution < 1.29 is 27.5 Å². The number of nitrogens with zero attached hydrogens (tertiary/aromatic N) is 5. The molecule has 1 saturated heterocycles. The minimum absolute atomic E-state index is 0.0103. The summed E-state index contributed by atoms with van der Waals surface area (Å²) in [5.41, 5.74) is 1.36. The molecule has 47 heavy (non-hydrogen) atoms. The van der Waals surface area contributed by atoms with Gasteiger partial charge in [-0.05, 0) is 68.5 Å². The third kappa shape index (κ3) is 8.26. The largest absolute Gasteiger partial charge is 0.493 e. The SMILES string of the molecule is CS(=O)(=O)CCCOc1cccc2c1ccn2-c1ccnc(NC2CCC(C(=O)N3CCC(OC(=O)c4cccnc4)CC3)CC2)n1. The molecule has 248 valence electrons. The van der Waals surface area contributed by atoms with Gasteiger partial charge in [0.25, 0.3) is 0 Å². The molecule has 1 aliphatic heterocycles. The number of benzene rings is 1. The van der Waals surface area contributed by atoms with Crippen LogP contribution in [0.4, 0.5) is 5.95 Å². The molecule has 1 amide bonds. The van der Waals surface area contributed by atoms with Crippen LogP contribution in [0.5, 0.6) is 5.75 Å². The molecule has 4 heterocycles. The molecule has 13 heteroatoms. The van der Waals surface area contributed by atoms with E-state index in [1.165, 1.54) is 12.5 Å². The van der Waals surface area contributed by atoms with Crippen molar-refractivity contribution >= 4 is 38.6 Å². The molecule has 0 spiro atoms. The summed E-state index contributed by atoms with van der Waals surface area (Å²) in [6.45, 7) is 1.50. The Kier molecular flexibility index (Phi) is 10.00. The summed E-state index contributed by atoms with van der Waals surface area (Å²) in [6.07, 6.45) is 12.8. The molecule has 3 aromatic heterocycles. The predicted molar refractivity (Wildman–Crippen MR) is 177 cm³/mol. The van der Waals surface area contributed by atoms with Gasteiger partial charge in [-0.1, -0.05) is 6.07 Å². The van der Waals surface area contributed by atoms with Crippen molar-refractivity contribution in [3.8, 4) is 11.6 Å². The van der Waals surface area contributed by atoms with Gasteiger partial charge in [0.05, 0.1) is 23.4 Å². The lowest BCUT2D eigenvalue weighted by Gasteiger charge is -2.36. The van der Waals surface area contributed by atoms with Gasteiger partial charge in [0.2, 0.25) is 11.9 Å². The van der Waals surface area contributed by atoms with Gasteiger partial charge in [-0.25, -0.2) is 18.2 Å². The maximum Gasteiger partial charge on any atom is 0.339 e. The van der Waals surface area contributed by atoms with Crippen molar-refractivity contribution in [2.75, 3.05) is 37.0 Å². The molecule has 1 N–H and O–H groups in total. The van der Waals surface area contributed by atoms with E-state index in [0.717, 1.165) is 36.6 Å². The average molecular weight is 661 g/mol. The van der Waals surface area contributed by atoms with Crippen molar-refractivity contribution in [1.82, 2.24) is 24.4 Å². The second-order valence-electron chi connectivity index (χ2n) is 12.3. The molecule has 0 radical (unpaired) electrons. The Morgan fingerprint density at radius 3 is 2.53 bits per heavy atom. The van der Waals surface area contributed by atoms with E-state index in [1.54, 1.807) is 24.5 Å². The van der Waals surface area contributed by atoms with Crippen molar-refractivity contribution in [3.63, 3.8) is 0 Å². The van der Waals surface area contributed by atoms with Crippen molar-refractivity contribution in [2.24, 2.45) is 5.92 Å². The van der Waals surface area contributed by atoms with E-state index in [-0.39, 0.29) is 35.7 Å². The lowest BCUT2D eigenvalue weighted by atomic mass is 9.85. The first-order valence-corrected chi connectivity index (χ1v) is 18.2. The summed E-state index contributed by atoms with van der Waals surface area (Å²) in [4.78, 5) is 40.8. The van der Waals surface area contributed by atoms with Crippen LogP contribution in [-0.4, -0.2) is 88.6 Å². The summed E-state index contributed by atoms with van der Waals surface area (Å²) in [6, 6.07) is 13.2. The van der Waals surface area contributed by atoms with Crippen LogP contribution in [-0.2, 0) is 19.4 Å². The summed E-state index contributed by atoms with van der Waals surface area (Å²) in [5.74, 6) is 1.85. The Balaban J connectivity index is 0.987. The van der Waals surface area contributed by atoms with Gasteiger partial charge in [-0.15, -0.1) is 0 Å². The predicted octanol–water partition coefficient (Wildman–Crippen LogP) is 4.45. The molecule has 0 bridgehead atoms. The van der Waals surface area contributed by atoms with Crippen LogP contribution in [0.2, 0.25) is 0 Å². The highest BCUT2D eigenvalue weighted by Gasteiger charge is 2.32. The number of carbonyl (C=O) groups excluding carboxylic acids is 2. The van der Waals surface area contributed by atoms with Crippen LogP contribution >= 0.6 is 0 Å². The number of nitrogens with one attached hydrogen (secondary N) is 1. The average Bonchev–Trinajstić information content (AvgIpc) is 3.52. The second-order valence-corrected chi connectivity index (χ2v) is 14.6. The van der Waals surface area contributed by atoms with E-state index in [9.17, 15) is 18.0 Å². The molecule has 2 aliphatic rings. The number of rotatable bonds is 11. The lowest BCUT2D eigenvalue weighted by molar-refractivity contribution is -0.138. The Morgan fingerprint density at radius 2 is 1.79 bits per heavy atom. The summed E-state index contributed by atoms with van der Waals surface area (Å²) < 4.78 is 36.4. The van der Waals surface area contributed by atoms with E-state index in [1.807, 2.05) is 46.0 Å². The normalized spacial score (nSPS) is 19.0. The van der Waals surface area contributed by atoms with Gasteiger partial charge in [-0.2, -0.15) is 4.98 Å². The van der Waals surface area contributed by atoms with Gasteiger partial charge in [0.1, 0.15) is 27.5 Å². The molecule has 2 fully saturated rings. The minimum atomic E-state index is -3.03. The smallest absolute Gasteiger partial charge is 0.339 e. The quantitative estimate of drug-likeness (QED) is 0.181. The number of hydrogen-bond acceptors (Lipinski definition) is 10. The maximum absolute atomic E-state index is 13.3. The zero-order chi connectivity index (χ0) is 32.8. The van der Waals surface area contributed by atoms with Crippen LogP contribution in [0, 0.1) is 5.92 Å². The Labute approximate surface area is 274 Å². The fraction of sp³-hybridized carbons (Fsp3) is 0.441. The number of amides is 1. The van der Waals surface area contributed by atoms with Crippen molar-refractivity contribution in [3.05, 3.63) is 72.8 Å². The van der Waals surface area contributed by atoms with Gasteiger partial charge < -0.3 is 24.3 Å². The van der Waals surface area contributed by atoms with Gasteiger partial charge in [0.15, 0.2) is 0 Å². The number of fused-ring (bicyclic) bond motifs is 1. The summed E-state index contributed by atoms with van der Waals surface area (Å²) in [5, 5.41) is 4.39. The zero-order valence-corrected chi connectivity index (χ0v) is 27.3. The molecule has 6 rings (SSSR count). The molecule has 1 aromatic carbocycles. The molecule has 12 nitrogen and oxygen atoms in total. The zero-order valence-electron chi connectivity index (χ0n) is 26.5. The number of aromatic nitrogens is 4. The fourth-order valence-corrected chi connectivity index (χ4v) is 6.99. The topological polar surface area (TPSA) is 146 Å². The van der Waals surface area contributed by atoms with Gasteiger partial charge >= 0.3 is 5.97 Å². The first kappa shape index (κ1) is 32.4. The van der Waals surface area contributed by atoms with Crippen LogP contribution in [0.3, 0.4) is 0 Å². The lowest BCUT2D eigenvalue weighted by Crippen LogP contribution is -2.45. The number of hydrogen-bond donors (Lipinski definition) is 1. The van der Waals surface area contributed by atoms with Crippen molar-refractivity contribution in [1.29, 1.82) is 0 Å². The highest BCUT2D eigenvalue weighted by molar-refractivity contribution is 7.90. The maximum atomic E-state index is 13.3. The molecule has 4 aromatic rings. The van der Waals surface area contributed by atoms with Gasteiger partial charge in [0, 0.05) is 74.3 Å². The molecule has 0 unspecified atom stereocenters. The second kappa shape index (κ2) is 14.5. The summed E-state index contributed by atoms with van der Waals surface area (Å²) in [7, 11) is -3.03. The number of likely N-dealkylation sites (tertiary alicyclic amines) is 1. The van der Waals surface area contributed by atoms with Crippen molar-refractivity contribution in [2.45, 2.75) is 57.1 Å². The molecule has 0 atom stereocenters. The van der Waals surface area contributed by atoms with E-state index in [4.69, 9.17) is 14.5 Å². The number of carbonyl (C=O) groups is 2. The number of sulfone groups is 1. The van der Waals surface area contributed by atoms with Crippen LogP contribution in [0.1, 0.15) is 55.3 Å². The number of pyridine rings is 1. The van der Waals surface area contributed by atoms with E-state index >= 15 is 0 Å². The standard InChI is InChI=1S/C34H40N6O6S/c1-47(43,44)22-4-21-45-30-7-2-6-29-28(30)15-20-40(29)31-12-17-36-34(38-31)37-26-10-8-24(9-11-26)32(41)39-18-13-27(14-19-39)46-33(42)25-5-3-16-35-23-25/h2-3,5-7,12,15-17,20,23-24,26-27H,4,8-11,13-14,18-19,21-22H2,1H3,(H,36,37,38). The number of piperidine rings is 1. The highest BCUT2D eigenvalue weighted by atomic mass is 32.2. The Morgan fingerprint density at radius 1 is 0.979 bits per heavy atom. The van der Waals surface area contributed by atoms with Crippen LogP contribution in [0.15, 0.2) is 67.3 Å². The molecular formula is C34H40N6O6S. The number of esters is 1. The number of anilines is 1. The Bertz CT molecular complexity index is 1800. The third-order valence-electron chi connectivity index (χ3n) is 8.83. The first-order valence-electron chi connectivity index (χ1n) is 16.1. The minimum Gasteiger partial charge on any atom is -0.493 e. The third-order valence-corrected chi connectivity index (χ3v) is 9.86. The Hall–Kier alpha value is -4.52. The highest BCUT2D eigenvalue weighted by Crippen LogP contribution is 2.31. The van der Waals surface area contributed by atoms with Crippen LogP contribution < -0.4 is 10.1 Å². The first-order chi connectivity index (χ1) is 22.7. The van der Waals surface area contributed by atoms with Gasteiger partial charge in [-0.3, -0.25) is 9.78 Å². The van der Waals surface area contributed by atoms with E-state index in [2.05, 4.69) is 15.3 Å². The molecule has 1 saturated carbocycles. The van der Waals surface area contributed by atoms with E-state index < -0.39 is 9.84 Å². The van der Waals surface area contributed by atoms with Crippen LogP contribution in [0.25, 0.3) is 16.7 Å². The van der Waals surface area contributed by atoms with E-state index in [0.29, 0.717) is 62.0 Å². The summed E-state index contributed by atoms with van der Waals surface area (Å²) >= 11 is 0.